The summed E-state index contributed by atoms with van der Waals surface area (Å²) in [5, 5.41) is 8.95. The first-order chi connectivity index (χ1) is 9.31. The second-order valence-corrected chi connectivity index (χ2v) is 5.23. The molecule has 106 valence electrons. The molecule has 0 aliphatic carbocycles. The molecule has 0 radical (unpaired) electrons. The summed E-state index contributed by atoms with van der Waals surface area (Å²) in [7, 11) is 0. The highest BCUT2D eigenvalue weighted by molar-refractivity contribution is 5.26. The number of ether oxygens (including phenoxy) is 1. The van der Waals surface area contributed by atoms with Crippen molar-refractivity contribution >= 4 is 0 Å². The second-order valence-electron chi connectivity index (χ2n) is 5.23. The van der Waals surface area contributed by atoms with Crippen LogP contribution < -0.4 is 14.5 Å². The summed E-state index contributed by atoms with van der Waals surface area (Å²) < 4.78 is 5.46. The lowest BCUT2D eigenvalue weighted by molar-refractivity contribution is -1.02. The van der Waals surface area contributed by atoms with Gasteiger partial charge >= 0.3 is 0 Å². The van der Waals surface area contributed by atoms with Crippen molar-refractivity contribution in [3.63, 3.8) is 0 Å². The maximum Gasteiger partial charge on any atom is 0.127 e. The van der Waals surface area contributed by atoms with Crippen LogP contribution >= 0.6 is 0 Å². The Kier molecular flexibility index (Phi) is 5.63. The van der Waals surface area contributed by atoms with E-state index in [1.54, 1.807) is 4.90 Å². The van der Waals surface area contributed by atoms with Crippen molar-refractivity contribution < 1.29 is 19.6 Å². The van der Waals surface area contributed by atoms with Gasteiger partial charge in [0.2, 0.25) is 0 Å². The third-order valence-corrected chi connectivity index (χ3v) is 3.82. The summed E-state index contributed by atoms with van der Waals surface area (Å²) in [6, 6.07) is 8.47. The normalized spacial score (nSPS) is 23.3. The van der Waals surface area contributed by atoms with E-state index in [1.807, 2.05) is 6.92 Å². The van der Waals surface area contributed by atoms with Crippen LogP contribution in [0.25, 0.3) is 0 Å². The van der Waals surface area contributed by atoms with Gasteiger partial charge in [-0.2, -0.15) is 0 Å². The zero-order chi connectivity index (χ0) is 13.5. The van der Waals surface area contributed by atoms with Gasteiger partial charge in [0.25, 0.3) is 0 Å². The molecule has 1 aromatic rings. The molecule has 0 atom stereocenters. The van der Waals surface area contributed by atoms with Gasteiger partial charge in [0.1, 0.15) is 45.0 Å². The Morgan fingerprint density at radius 1 is 1.05 bits per heavy atom. The van der Waals surface area contributed by atoms with E-state index in [4.69, 9.17) is 9.84 Å². The Morgan fingerprint density at radius 2 is 1.68 bits per heavy atom. The Hall–Kier alpha value is -1.10. The number of rotatable bonds is 6. The third kappa shape index (κ3) is 4.49. The number of hydrogen-bond donors (Lipinski definition) is 3. The highest BCUT2D eigenvalue weighted by Gasteiger charge is 2.22. The summed E-state index contributed by atoms with van der Waals surface area (Å²) in [4.78, 5) is 3.18. The summed E-state index contributed by atoms with van der Waals surface area (Å²) in [5.74, 6) is 0.957. The van der Waals surface area contributed by atoms with Crippen molar-refractivity contribution in [2.24, 2.45) is 0 Å². The molecule has 2 rings (SSSR count). The molecule has 0 amide bonds. The fourth-order valence-electron chi connectivity index (χ4n) is 2.70. The van der Waals surface area contributed by atoms with Crippen molar-refractivity contribution in [3.05, 3.63) is 29.8 Å². The maximum absolute atomic E-state index is 8.95. The molecule has 1 heterocycles. The molecule has 0 bridgehead atoms. The minimum Gasteiger partial charge on any atom is -0.494 e. The topological polar surface area (TPSA) is 38.3 Å². The number of hydrogen-bond acceptors (Lipinski definition) is 2. The Bertz CT molecular complexity index is 359. The van der Waals surface area contributed by atoms with Crippen molar-refractivity contribution in [1.82, 2.24) is 0 Å². The highest BCUT2D eigenvalue weighted by atomic mass is 16.5. The third-order valence-electron chi connectivity index (χ3n) is 3.82. The molecule has 0 spiro atoms. The minimum absolute atomic E-state index is 0.309. The average molecular weight is 266 g/mol. The smallest absolute Gasteiger partial charge is 0.127 e. The first kappa shape index (κ1) is 14.3. The number of benzene rings is 1. The first-order valence-electron chi connectivity index (χ1n) is 7.31. The van der Waals surface area contributed by atoms with E-state index in [0.717, 1.165) is 25.4 Å². The zero-order valence-electron chi connectivity index (χ0n) is 11.8. The lowest BCUT2D eigenvalue weighted by Gasteiger charge is -2.29. The van der Waals surface area contributed by atoms with Crippen LogP contribution in [-0.2, 0) is 6.54 Å². The Morgan fingerprint density at radius 3 is 2.26 bits per heavy atom. The summed E-state index contributed by atoms with van der Waals surface area (Å²) in [6.07, 6.45) is 0. The molecule has 1 aliphatic heterocycles. The lowest BCUT2D eigenvalue weighted by atomic mass is 10.2. The van der Waals surface area contributed by atoms with E-state index in [-0.39, 0.29) is 0 Å². The minimum atomic E-state index is 0.309. The SMILES string of the molecule is CCOc1ccc(C[NH+]2CC[NH+](CCO)CC2)cc1. The van der Waals surface area contributed by atoms with Gasteiger partial charge in [-0.25, -0.2) is 0 Å². The van der Waals surface area contributed by atoms with Gasteiger partial charge in [-0.05, 0) is 31.2 Å². The summed E-state index contributed by atoms with van der Waals surface area (Å²) in [6.45, 7) is 9.77. The van der Waals surface area contributed by atoms with Crippen LogP contribution in [0.15, 0.2) is 24.3 Å². The largest absolute Gasteiger partial charge is 0.494 e. The summed E-state index contributed by atoms with van der Waals surface area (Å²) in [5.41, 5.74) is 1.38. The van der Waals surface area contributed by atoms with Gasteiger partial charge in [0.15, 0.2) is 0 Å². The van der Waals surface area contributed by atoms with Crippen molar-refractivity contribution in [1.29, 1.82) is 0 Å². The van der Waals surface area contributed by atoms with Crippen LogP contribution in [0.4, 0.5) is 0 Å². The number of piperazine rings is 1. The number of aliphatic hydroxyl groups excluding tert-OH is 1. The van der Waals surface area contributed by atoms with E-state index >= 15 is 0 Å². The standard InChI is InChI=1S/C15H24N2O2/c1-2-19-15-5-3-14(4-6-15)13-17-9-7-16(8-10-17)11-12-18/h3-6,18H,2,7-13H2,1H3/p+2. The van der Waals surface area contributed by atoms with Crippen molar-refractivity contribution in [2.45, 2.75) is 13.5 Å². The van der Waals surface area contributed by atoms with Crippen molar-refractivity contribution in [2.75, 3.05) is 45.9 Å². The molecule has 3 N–H and O–H groups in total. The van der Waals surface area contributed by atoms with Crippen LogP contribution in [0.1, 0.15) is 12.5 Å². The molecule has 0 unspecified atom stereocenters. The number of nitrogens with one attached hydrogen (secondary N) is 2. The molecule has 0 aromatic heterocycles. The molecule has 19 heavy (non-hydrogen) atoms. The molecule has 1 saturated heterocycles. The highest BCUT2D eigenvalue weighted by Crippen LogP contribution is 2.11. The van der Waals surface area contributed by atoms with E-state index in [0.29, 0.717) is 6.61 Å². The molecule has 4 heteroatoms. The molecule has 1 aromatic carbocycles. The first-order valence-corrected chi connectivity index (χ1v) is 7.31. The quantitative estimate of drug-likeness (QED) is 0.578. The van der Waals surface area contributed by atoms with E-state index in [9.17, 15) is 0 Å². The van der Waals surface area contributed by atoms with Crippen LogP contribution in [0.3, 0.4) is 0 Å². The number of aliphatic hydroxyl groups is 1. The van der Waals surface area contributed by atoms with Gasteiger partial charge in [-0.3, -0.25) is 0 Å². The van der Waals surface area contributed by atoms with E-state index in [2.05, 4.69) is 24.3 Å². The molecule has 0 saturated carbocycles. The van der Waals surface area contributed by atoms with Gasteiger partial charge in [-0.1, -0.05) is 0 Å². The maximum atomic E-state index is 8.95. The van der Waals surface area contributed by atoms with Gasteiger partial charge < -0.3 is 19.6 Å². The molecule has 1 fully saturated rings. The molecule has 1 aliphatic rings. The zero-order valence-corrected chi connectivity index (χ0v) is 11.8. The predicted molar refractivity (Wildman–Crippen MR) is 74.7 cm³/mol. The number of quaternary nitrogens is 2. The fourth-order valence-corrected chi connectivity index (χ4v) is 2.70. The molecular formula is C15H26N2O2+2. The average Bonchev–Trinajstić information content (AvgIpc) is 2.44. The molecule has 4 nitrogen and oxygen atoms in total. The van der Waals surface area contributed by atoms with Crippen LogP contribution in [0, 0.1) is 0 Å². The van der Waals surface area contributed by atoms with Gasteiger partial charge in [-0.15, -0.1) is 0 Å². The van der Waals surface area contributed by atoms with Crippen LogP contribution in [0.2, 0.25) is 0 Å². The summed E-state index contributed by atoms with van der Waals surface area (Å²) >= 11 is 0. The van der Waals surface area contributed by atoms with E-state index in [1.165, 1.54) is 36.6 Å². The van der Waals surface area contributed by atoms with Crippen LogP contribution in [0.5, 0.6) is 5.75 Å². The fraction of sp³-hybridized carbons (Fsp3) is 0.600. The predicted octanol–water partition coefficient (Wildman–Crippen LogP) is -1.64. The second kappa shape index (κ2) is 7.48. The van der Waals surface area contributed by atoms with Gasteiger partial charge in [0, 0.05) is 5.56 Å². The lowest BCUT2D eigenvalue weighted by Crippen LogP contribution is -3.27. The van der Waals surface area contributed by atoms with E-state index < -0.39 is 0 Å². The van der Waals surface area contributed by atoms with Crippen LogP contribution in [-0.4, -0.2) is 51.0 Å². The van der Waals surface area contributed by atoms with Crippen molar-refractivity contribution in [3.8, 4) is 5.75 Å². The molecular weight excluding hydrogens is 240 g/mol. The van der Waals surface area contributed by atoms with Gasteiger partial charge in [0.05, 0.1) is 13.2 Å². The monoisotopic (exact) mass is 266 g/mol. The Labute approximate surface area is 115 Å². The Balaban J connectivity index is 1.78.